The normalized spacial score (nSPS) is 8.60. The standard InChI is InChI=1S/C5H3Cl2NS.Na/c6-3-1-8-2-4(7)5(3)9;/h1-2H,(H,8,9);. The fourth-order valence-electron chi connectivity index (χ4n) is 0.433. The Morgan fingerprint density at radius 2 is 1.60 bits per heavy atom. The van der Waals surface area contributed by atoms with Gasteiger partial charge in [0.25, 0.3) is 0 Å². The number of hydrogen-bond acceptors (Lipinski definition) is 1. The van der Waals surface area contributed by atoms with E-state index in [1.165, 1.54) is 0 Å². The number of nitrogens with one attached hydrogen (secondary N) is 1. The van der Waals surface area contributed by atoms with Crippen molar-refractivity contribution in [3.63, 3.8) is 0 Å². The van der Waals surface area contributed by atoms with Gasteiger partial charge in [-0.15, -0.1) is 0 Å². The van der Waals surface area contributed by atoms with E-state index in [1.807, 2.05) is 0 Å². The maximum absolute atomic E-state index is 5.59. The van der Waals surface area contributed by atoms with Gasteiger partial charge in [-0.2, -0.15) is 0 Å². The van der Waals surface area contributed by atoms with Crippen LogP contribution in [0, 0.1) is 4.51 Å². The Morgan fingerprint density at radius 3 is 1.90 bits per heavy atom. The van der Waals surface area contributed by atoms with Crippen LogP contribution in [-0.2, 0) is 0 Å². The van der Waals surface area contributed by atoms with Crippen molar-refractivity contribution < 1.29 is 0 Å². The molecule has 1 nitrogen and oxygen atoms in total. The molecule has 0 amide bonds. The zero-order valence-corrected chi connectivity index (χ0v) is 9.65. The third-order valence-corrected chi connectivity index (χ3v) is 2.11. The topological polar surface area (TPSA) is 15.8 Å². The summed E-state index contributed by atoms with van der Waals surface area (Å²) in [6.45, 7) is 0. The molecule has 1 aromatic rings. The molecule has 0 bridgehead atoms. The summed E-state index contributed by atoms with van der Waals surface area (Å²) in [5.41, 5.74) is 0. The minimum atomic E-state index is 0. The number of aromatic amines is 1. The number of hydrogen-bond donors (Lipinski definition) is 1. The summed E-state index contributed by atoms with van der Waals surface area (Å²) in [6, 6.07) is 0. The van der Waals surface area contributed by atoms with Crippen molar-refractivity contribution in [2.24, 2.45) is 0 Å². The van der Waals surface area contributed by atoms with Gasteiger partial charge in [-0.05, 0) is 0 Å². The molecule has 49 valence electrons. The minimum Gasteiger partial charge on any atom is -0.365 e. The average molecular weight is 203 g/mol. The van der Waals surface area contributed by atoms with Gasteiger partial charge in [0, 0.05) is 42.0 Å². The Hall–Kier alpha value is 0.950. The van der Waals surface area contributed by atoms with Gasteiger partial charge in [-0.1, -0.05) is 35.4 Å². The van der Waals surface area contributed by atoms with E-state index in [0.717, 1.165) is 0 Å². The van der Waals surface area contributed by atoms with Crippen molar-refractivity contribution in [3.8, 4) is 0 Å². The minimum absolute atomic E-state index is 0. The molecule has 0 aliphatic heterocycles. The van der Waals surface area contributed by atoms with Crippen molar-refractivity contribution in [2.75, 3.05) is 0 Å². The molecule has 1 aromatic heterocycles. The summed E-state index contributed by atoms with van der Waals surface area (Å²) >= 11 is 16.0. The zero-order valence-electron chi connectivity index (χ0n) is 5.32. The molecule has 0 atom stereocenters. The van der Waals surface area contributed by atoms with Gasteiger partial charge in [0.15, 0.2) is 0 Å². The molecular weight excluding hydrogens is 200 g/mol. The molecule has 1 heterocycles. The van der Waals surface area contributed by atoms with E-state index in [4.69, 9.17) is 35.4 Å². The molecule has 1 radical (unpaired) electrons. The molecule has 0 spiro atoms. The summed E-state index contributed by atoms with van der Waals surface area (Å²) in [5.74, 6) is 0. The SMILES string of the molecule is S=c1c(Cl)c[nH]cc1Cl.[Na]. The number of aromatic nitrogens is 1. The molecule has 0 unspecified atom stereocenters. The second kappa shape index (κ2) is 4.75. The van der Waals surface area contributed by atoms with Crippen molar-refractivity contribution in [1.29, 1.82) is 0 Å². The molecule has 0 fully saturated rings. The Labute approximate surface area is 96.0 Å². The van der Waals surface area contributed by atoms with Crippen LogP contribution in [0.2, 0.25) is 10.0 Å². The predicted molar refractivity (Wildman–Crippen MR) is 47.4 cm³/mol. The van der Waals surface area contributed by atoms with Crippen LogP contribution in [0.1, 0.15) is 0 Å². The van der Waals surface area contributed by atoms with Crippen LogP contribution in [-0.4, -0.2) is 34.5 Å². The van der Waals surface area contributed by atoms with Gasteiger partial charge in [0.1, 0.15) is 0 Å². The fourth-order valence-corrected chi connectivity index (χ4v) is 0.929. The second-order valence-electron chi connectivity index (χ2n) is 1.48. The monoisotopic (exact) mass is 202 g/mol. The van der Waals surface area contributed by atoms with Crippen LogP contribution < -0.4 is 0 Å². The Morgan fingerprint density at radius 1 is 1.20 bits per heavy atom. The first-order chi connectivity index (χ1) is 4.22. The van der Waals surface area contributed by atoms with E-state index in [1.54, 1.807) is 12.4 Å². The molecular formula is C5H3Cl2NNaS. The molecule has 1 N–H and O–H groups in total. The molecule has 0 aliphatic carbocycles. The van der Waals surface area contributed by atoms with Crippen molar-refractivity contribution in [3.05, 3.63) is 26.9 Å². The van der Waals surface area contributed by atoms with Crippen LogP contribution >= 0.6 is 35.4 Å². The van der Waals surface area contributed by atoms with Gasteiger partial charge in [-0.25, -0.2) is 0 Å². The van der Waals surface area contributed by atoms with Gasteiger partial charge in [0.2, 0.25) is 0 Å². The smallest absolute Gasteiger partial charge is 0.0779 e. The van der Waals surface area contributed by atoms with Crippen molar-refractivity contribution in [1.82, 2.24) is 4.98 Å². The van der Waals surface area contributed by atoms with E-state index in [-0.39, 0.29) is 29.6 Å². The van der Waals surface area contributed by atoms with Gasteiger partial charge < -0.3 is 4.98 Å². The van der Waals surface area contributed by atoms with E-state index in [2.05, 4.69) is 4.98 Å². The summed E-state index contributed by atoms with van der Waals surface area (Å²) in [5, 5.41) is 0.968. The maximum atomic E-state index is 5.59. The predicted octanol–water partition coefficient (Wildman–Crippen LogP) is 2.67. The summed E-state index contributed by atoms with van der Waals surface area (Å²) in [7, 11) is 0. The largest absolute Gasteiger partial charge is 0.365 e. The molecule has 10 heavy (non-hydrogen) atoms. The van der Waals surface area contributed by atoms with E-state index >= 15 is 0 Å². The summed E-state index contributed by atoms with van der Waals surface area (Å²) < 4.78 is 0.497. The quantitative estimate of drug-likeness (QED) is 0.506. The Kier molecular flexibility index (Phi) is 5.20. The van der Waals surface area contributed by atoms with Gasteiger partial charge in [-0.3, -0.25) is 0 Å². The first-order valence-electron chi connectivity index (χ1n) is 2.24. The number of rotatable bonds is 0. The Balaban J connectivity index is 0.000000810. The van der Waals surface area contributed by atoms with E-state index in [9.17, 15) is 0 Å². The first kappa shape index (κ1) is 11.0. The third-order valence-electron chi connectivity index (χ3n) is 0.854. The summed E-state index contributed by atoms with van der Waals surface area (Å²) in [6.07, 6.45) is 3.19. The van der Waals surface area contributed by atoms with Crippen LogP contribution in [0.4, 0.5) is 0 Å². The fraction of sp³-hybridized carbons (Fsp3) is 0. The van der Waals surface area contributed by atoms with Crippen molar-refractivity contribution in [2.45, 2.75) is 0 Å². The van der Waals surface area contributed by atoms with Crippen molar-refractivity contribution >= 4 is 65.0 Å². The summed E-state index contributed by atoms with van der Waals surface area (Å²) in [4.78, 5) is 2.74. The van der Waals surface area contributed by atoms with Crippen LogP contribution in [0.5, 0.6) is 0 Å². The van der Waals surface area contributed by atoms with Gasteiger partial charge in [0.05, 0.1) is 14.6 Å². The number of pyridine rings is 1. The average Bonchev–Trinajstić information content (AvgIpc) is 1.83. The van der Waals surface area contributed by atoms with E-state index in [0.29, 0.717) is 14.6 Å². The van der Waals surface area contributed by atoms with Crippen LogP contribution in [0.15, 0.2) is 12.4 Å². The molecule has 5 heteroatoms. The zero-order chi connectivity index (χ0) is 6.85. The Bertz CT molecular complexity index is 249. The molecule has 0 aromatic carbocycles. The second-order valence-corrected chi connectivity index (χ2v) is 2.70. The first-order valence-corrected chi connectivity index (χ1v) is 3.40. The number of halogens is 2. The molecule has 1 rings (SSSR count). The van der Waals surface area contributed by atoms with Crippen LogP contribution in [0.3, 0.4) is 0 Å². The molecule has 0 saturated heterocycles. The van der Waals surface area contributed by atoms with Gasteiger partial charge >= 0.3 is 0 Å². The van der Waals surface area contributed by atoms with Crippen LogP contribution in [0.25, 0.3) is 0 Å². The molecule has 0 aliphatic rings. The molecule has 0 saturated carbocycles. The third kappa shape index (κ3) is 2.53. The number of H-pyrrole nitrogens is 1. The van der Waals surface area contributed by atoms with E-state index < -0.39 is 0 Å². The maximum Gasteiger partial charge on any atom is 0.0779 e.